The number of rotatable bonds is 6. The van der Waals surface area contributed by atoms with Gasteiger partial charge >= 0.3 is 0 Å². The molecule has 0 saturated carbocycles. The highest BCUT2D eigenvalue weighted by molar-refractivity contribution is 7.93. The van der Waals surface area contributed by atoms with Gasteiger partial charge in [0.05, 0.1) is 11.4 Å². The predicted octanol–water partition coefficient (Wildman–Crippen LogP) is 3.43. The van der Waals surface area contributed by atoms with Crippen molar-refractivity contribution in [3.63, 3.8) is 0 Å². The molecule has 140 valence electrons. The van der Waals surface area contributed by atoms with Crippen LogP contribution in [0.4, 0.5) is 9.52 Å². The molecular weight excluding hydrogens is 413 g/mol. The zero-order chi connectivity index (χ0) is 19.6. The van der Waals surface area contributed by atoms with Gasteiger partial charge < -0.3 is 5.73 Å². The van der Waals surface area contributed by atoms with E-state index in [9.17, 15) is 17.6 Å². The van der Waals surface area contributed by atoms with Crippen LogP contribution in [0.15, 0.2) is 58.9 Å². The highest BCUT2D eigenvalue weighted by atomic mass is 35.5. The van der Waals surface area contributed by atoms with E-state index in [1.165, 1.54) is 42.6 Å². The average molecular weight is 426 g/mol. The molecule has 0 fully saturated rings. The largest absolute Gasteiger partial charge is 0.366 e. The highest BCUT2D eigenvalue weighted by Crippen LogP contribution is 2.29. The number of aromatic nitrogens is 1. The molecule has 2 aromatic carbocycles. The topological polar surface area (TPSA) is 93.4 Å². The Morgan fingerprint density at radius 2 is 1.93 bits per heavy atom. The third-order valence-electron chi connectivity index (χ3n) is 3.69. The minimum atomic E-state index is -4.06. The normalized spacial score (nSPS) is 11.3. The van der Waals surface area contributed by atoms with Gasteiger partial charge in [0.2, 0.25) is 5.91 Å². The van der Waals surface area contributed by atoms with Gasteiger partial charge in [-0.2, -0.15) is 0 Å². The minimum absolute atomic E-state index is 0.0722. The maximum absolute atomic E-state index is 14.2. The van der Waals surface area contributed by atoms with Crippen molar-refractivity contribution in [2.24, 2.45) is 5.73 Å². The van der Waals surface area contributed by atoms with Crippen molar-refractivity contribution >= 4 is 44.0 Å². The molecule has 10 heteroatoms. The lowest BCUT2D eigenvalue weighted by Gasteiger charge is -2.22. The number of nitrogens with two attached hydrogens (primary N) is 1. The second-order valence-corrected chi connectivity index (χ2v) is 8.62. The molecule has 0 unspecified atom stereocenters. The Balaban J connectivity index is 2.03. The van der Waals surface area contributed by atoms with Crippen LogP contribution in [0.1, 0.15) is 15.9 Å². The zero-order valence-electron chi connectivity index (χ0n) is 13.7. The molecule has 3 aromatic rings. The number of thiazole rings is 1. The lowest BCUT2D eigenvalue weighted by Crippen LogP contribution is -2.31. The summed E-state index contributed by atoms with van der Waals surface area (Å²) < 4.78 is 41.5. The summed E-state index contributed by atoms with van der Waals surface area (Å²) in [5.41, 5.74) is 5.51. The summed E-state index contributed by atoms with van der Waals surface area (Å²) in [5.74, 6) is -1.29. The summed E-state index contributed by atoms with van der Waals surface area (Å²) >= 11 is 6.86. The molecule has 27 heavy (non-hydrogen) atoms. The predicted molar refractivity (Wildman–Crippen MR) is 102 cm³/mol. The van der Waals surface area contributed by atoms with Gasteiger partial charge in [-0.05, 0) is 36.4 Å². The molecule has 0 atom stereocenters. The summed E-state index contributed by atoms with van der Waals surface area (Å²) in [6, 6.07) is 9.20. The fraction of sp³-hybridized carbons (Fsp3) is 0.0588. The van der Waals surface area contributed by atoms with E-state index in [1.54, 1.807) is 5.38 Å². The molecule has 0 spiro atoms. The molecule has 0 saturated heterocycles. The van der Waals surface area contributed by atoms with E-state index >= 15 is 0 Å². The molecule has 0 aliphatic heterocycles. The number of sulfonamides is 1. The molecule has 0 radical (unpaired) electrons. The van der Waals surface area contributed by atoms with Gasteiger partial charge in [0.25, 0.3) is 10.0 Å². The maximum atomic E-state index is 14.2. The van der Waals surface area contributed by atoms with Crippen molar-refractivity contribution in [2.75, 3.05) is 4.31 Å². The quantitative estimate of drug-likeness (QED) is 0.654. The first-order chi connectivity index (χ1) is 12.8. The van der Waals surface area contributed by atoms with Gasteiger partial charge in [0, 0.05) is 27.7 Å². The Kier molecular flexibility index (Phi) is 5.45. The molecule has 1 amide bonds. The number of primary amides is 1. The van der Waals surface area contributed by atoms with Crippen LogP contribution in [0.5, 0.6) is 0 Å². The minimum Gasteiger partial charge on any atom is -0.366 e. The molecule has 0 aliphatic rings. The molecule has 0 bridgehead atoms. The summed E-state index contributed by atoms with van der Waals surface area (Å²) in [6.07, 6.45) is 1.46. The van der Waals surface area contributed by atoms with Crippen molar-refractivity contribution in [3.05, 3.63) is 76.0 Å². The van der Waals surface area contributed by atoms with E-state index in [1.807, 2.05) is 0 Å². The monoisotopic (exact) mass is 425 g/mol. The first-order valence-electron chi connectivity index (χ1n) is 7.55. The second kappa shape index (κ2) is 7.63. The highest BCUT2D eigenvalue weighted by Gasteiger charge is 2.28. The number of halogens is 2. The molecule has 2 N–H and O–H groups in total. The first-order valence-corrected chi connectivity index (χ1v) is 10.2. The second-order valence-electron chi connectivity index (χ2n) is 5.45. The van der Waals surface area contributed by atoms with Crippen LogP contribution in [0, 0.1) is 5.82 Å². The number of amides is 1. The van der Waals surface area contributed by atoms with E-state index in [4.69, 9.17) is 17.3 Å². The standard InChI is InChI=1S/C17H13ClFN3O3S2/c18-13-4-1-12(15(19)9-13)10-22(17-21-7-8-26-17)27(24,25)14-5-2-11(3-6-14)16(20)23/h1-9H,10H2,(H2,20,23). The molecule has 3 rings (SSSR count). The number of nitrogens with zero attached hydrogens (tertiary/aromatic N) is 2. The molecular formula is C17H13ClFN3O3S2. The molecule has 0 aliphatic carbocycles. The van der Waals surface area contributed by atoms with Crippen molar-refractivity contribution < 1.29 is 17.6 Å². The van der Waals surface area contributed by atoms with Crippen LogP contribution in [0.25, 0.3) is 0 Å². The Hall–Kier alpha value is -2.49. The summed E-state index contributed by atoms with van der Waals surface area (Å²) in [7, 11) is -4.06. The van der Waals surface area contributed by atoms with E-state index < -0.39 is 21.7 Å². The van der Waals surface area contributed by atoms with Crippen LogP contribution in [-0.4, -0.2) is 19.3 Å². The van der Waals surface area contributed by atoms with Gasteiger partial charge in [-0.15, -0.1) is 11.3 Å². The zero-order valence-corrected chi connectivity index (χ0v) is 16.1. The SMILES string of the molecule is NC(=O)c1ccc(S(=O)(=O)N(Cc2ccc(Cl)cc2F)c2nccs2)cc1. The van der Waals surface area contributed by atoms with Crippen molar-refractivity contribution in [2.45, 2.75) is 11.4 Å². The smallest absolute Gasteiger partial charge is 0.266 e. The van der Waals surface area contributed by atoms with Crippen LogP contribution in [-0.2, 0) is 16.6 Å². The Morgan fingerprint density at radius 1 is 1.22 bits per heavy atom. The Labute approximate surface area is 164 Å². The van der Waals surface area contributed by atoms with Gasteiger partial charge in [0.1, 0.15) is 5.82 Å². The fourth-order valence-electron chi connectivity index (χ4n) is 2.32. The Morgan fingerprint density at radius 3 is 2.48 bits per heavy atom. The summed E-state index contributed by atoms with van der Waals surface area (Å²) in [6.45, 7) is -0.267. The van der Waals surface area contributed by atoms with Gasteiger partial charge in [-0.25, -0.2) is 22.1 Å². The molecule has 1 heterocycles. The van der Waals surface area contributed by atoms with Gasteiger partial charge in [-0.3, -0.25) is 4.79 Å². The average Bonchev–Trinajstić information content (AvgIpc) is 3.15. The first kappa shape index (κ1) is 19.3. The van der Waals surface area contributed by atoms with Crippen LogP contribution in [0.3, 0.4) is 0 Å². The van der Waals surface area contributed by atoms with Gasteiger partial charge in [0.15, 0.2) is 5.13 Å². The summed E-state index contributed by atoms with van der Waals surface area (Å²) in [5, 5.41) is 2.01. The maximum Gasteiger partial charge on any atom is 0.266 e. The summed E-state index contributed by atoms with van der Waals surface area (Å²) in [4.78, 5) is 15.2. The molecule has 6 nitrogen and oxygen atoms in total. The van der Waals surface area contributed by atoms with E-state index in [0.29, 0.717) is 0 Å². The third kappa shape index (κ3) is 4.10. The lowest BCUT2D eigenvalue weighted by atomic mass is 10.2. The Bertz CT molecular complexity index is 1070. The third-order valence-corrected chi connectivity index (χ3v) is 6.58. The van der Waals surface area contributed by atoms with Crippen molar-refractivity contribution in [1.29, 1.82) is 0 Å². The van der Waals surface area contributed by atoms with Crippen LogP contribution < -0.4 is 10.0 Å². The van der Waals surface area contributed by atoms with E-state index in [2.05, 4.69) is 4.98 Å². The number of carbonyl (C=O) groups is 1. The van der Waals surface area contributed by atoms with Gasteiger partial charge in [-0.1, -0.05) is 17.7 Å². The van der Waals surface area contributed by atoms with E-state index in [0.717, 1.165) is 21.7 Å². The van der Waals surface area contributed by atoms with Crippen molar-refractivity contribution in [3.8, 4) is 0 Å². The number of hydrogen-bond acceptors (Lipinski definition) is 5. The number of carbonyl (C=O) groups excluding carboxylic acids is 1. The van der Waals surface area contributed by atoms with E-state index in [-0.39, 0.29) is 32.7 Å². The van der Waals surface area contributed by atoms with Crippen molar-refractivity contribution in [1.82, 2.24) is 4.98 Å². The number of anilines is 1. The van der Waals surface area contributed by atoms with Crippen LogP contribution >= 0.6 is 22.9 Å². The van der Waals surface area contributed by atoms with Crippen LogP contribution in [0.2, 0.25) is 5.02 Å². The molecule has 1 aromatic heterocycles. The lowest BCUT2D eigenvalue weighted by molar-refractivity contribution is 0.1000. The number of hydrogen-bond donors (Lipinski definition) is 1. The fourth-order valence-corrected chi connectivity index (χ4v) is 4.74. The number of benzene rings is 2.